The maximum atomic E-state index is 14.1. The Morgan fingerprint density at radius 2 is 2.08 bits per heavy atom. The van der Waals surface area contributed by atoms with Gasteiger partial charge in [-0.3, -0.25) is 4.79 Å². The van der Waals surface area contributed by atoms with Crippen molar-refractivity contribution in [3.8, 4) is 0 Å². The normalized spacial score (nSPS) is 12.6. The molecule has 0 radical (unpaired) electrons. The second kappa shape index (κ2) is 6.72. The number of halogens is 1. The van der Waals surface area contributed by atoms with E-state index >= 15 is 0 Å². The van der Waals surface area contributed by atoms with Crippen LogP contribution in [-0.4, -0.2) is 11.0 Å². The van der Waals surface area contributed by atoms with Crippen LogP contribution in [0.3, 0.4) is 0 Å². The summed E-state index contributed by atoms with van der Waals surface area (Å²) >= 11 is 0. The third-order valence-electron chi connectivity index (χ3n) is 4.24. The van der Waals surface area contributed by atoms with E-state index in [1.165, 1.54) is 6.07 Å². The summed E-state index contributed by atoms with van der Waals surface area (Å²) in [6.45, 7) is 3.72. The molecule has 6 heteroatoms. The van der Waals surface area contributed by atoms with Crippen molar-refractivity contribution in [2.75, 3.05) is 0 Å². The summed E-state index contributed by atoms with van der Waals surface area (Å²) in [5.41, 5.74) is 6.60. The molecule has 1 amide bonds. The number of aliphatic hydroxyl groups excluding tert-OH is 1. The van der Waals surface area contributed by atoms with Gasteiger partial charge < -0.3 is 19.7 Å². The highest BCUT2D eigenvalue weighted by atomic mass is 19.1. The third-order valence-corrected chi connectivity index (χ3v) is 4.24. The number of carbonyl (C=O) groups excluding carboxylic acids is 1. The van der Waals surface area contributed by atoms with E-state index in [1.54, 1.807) is 19.1 Å². The number of aliphatic hydroxyl groups is 1. The first-order chi connectivity index (χ1) is 11.9. The Morgan fingerprint density at radius 1 is 1.32 bits per heavy atom. The van der Waals surface area contributed by atoms with Crippen molar-refractivity contribution < 1.29 is 23.1 Å². The van der Waals surface area contributed by atoms with Gasteiger partial charge in [0.2, 0.25) is 0 Å². The molecule has 0 saturated heterocycles. The van der Waals surface area contributed by atoms with E-state index in [-0.39, 0.29) is 11.3 Å². The molecule has 3 rings (SSSR count). The molecule has 1 atom stereocenters. The van der Waals surface area contributed by atoms with Crippen LogP contribution in [0.25, 0.3) is 11.0 Å². The van der Waals surface area contributed by atoms with Crippen LogP contribution in [0.4, 0.5) is 4.39 Å². The highest BCUT2D eigenvalue weighted by Crippen LogP contribution is 2.32. The van der Waals surface area contributed by atoms with Crippen molar-refractivity contribution in [3.05, 3.63) is 58.5 Å². The van der Waals surface area contributed by atoms with E-state index in [2.05, 4.69) is 0 Å². The topological polar surface area (TPSA) is 89.6 Å². The van der Waals surface area contributed by atoms with Crippen LogP contribution in [-0.2, 0) is 12.8 Å². The highest BCUT2D eigenvalue weighted by molar-refractivity contribution is 5.98. The zero-order valence-electron chi connectivity index (χ0n) is 14.1. The molecule has 5 nitrogen and oxygen atoms in total. The fourth-order valence-corrected chi connectivity index (χ4v) is 2.98. The molecule has 1 aromatic carbocycles. The van der Waals surface area contributed by atoms with Gasteiger partial charge in [-0.15, -0.1) is 0 Å². The number of primary amides is 1. The number of carbonyl (C=O) groups is 1. The first-order valence-electron chi connectivity index (χ1n) is 8.18. The van der Waals surface area contributed by atoms with E-state index in [4.69, 9.17) is 14.6 Å². The molecule has 0 spiro atoms. The monoisotopic (exact) mass is 345 g/mol. The van der Waals surface area contributed by atoms with Gasteiger partial charge in [0.05, 0.1) is 0 Å². The van der Waals surface area contributed by atoms with E-state index in [0.717, 1.165) is 12.2 Å². The summed E-state index contributed by atoms with van der Waals surface area (Å²) in [7, 11) is 0. The lowest BCUT2D eigenvalue weighted by molar-refractivity contribution is 0.0973. The Balaban J connectivity index is 1.91. The minimum atomic E-state index is -0.833. The summed E-state index contributed by atoms with van der Waals surface area (Å²) in [5.74, 6) is -0.113. The summed E-state index contributed by atoms with van der Waals surface area (Å²) in [6.07, 6.45) is 0.503. The van der Waals surface area contributed by atoms with Crippen molar-refractivity contribution in [2.24, 2.45) is 5.73 Å². The fraction of sp³-hybridized carbons (Fsp3) is 0.316. The smallest absolute Gasteiger partial charge is 0.284 e. The zero-order valence-corrected chi connectivity index (χ0v) is 14.1. The molecule has 0 aliphatic carbocycles. The molecule has 132 valence electrons. The fourth-order valence-electron chi connectivity index (χ4n) is 2.98. The maximum Gasteiger partial charge on any atom is 0.284 e. The number of rotatable bonds is 6. The molecule has 3 aromatic rings. The number of benzene rings is 1. The van der Waals surface area contributed by atoms with E-state index in [9.17, 15) is 14.3 Å². The Labute approximate surface area is 144 Å². The number of aryl methyl sites for hydroxylation is 3. The Kier molecular flexibility index (Phi) is 4.63. The summed E-state index contributed by atoms with van der Waals surface area (Å²) < 4.78 is 25.0. The van der Waals surface area contributed by atoms with Crippen LogP contribution >= 0.6 is 0 Å². The predicted octanol–water partition coefficient (Wildman–Crippen LogP) is 3.80. The van der Waals surface area contributed by atoms with Crippen molar-refractivity contribution in [1.82, 2.24) is 0 Å². The number of furan rings is 2. The summed E-state index contributed by atoms with van der Waals surface area (Å²) in [6, 6.07) is 6.64. The lowest BCUT2D eigenvalue weighted by Gasteiger charge is -2.08. The Hall–Kier alpha value is -2.60. The number of hydrogen-bond donors (Lipinski definition) is 2. The van der Waals surface area contributed by atoms with Crippen LogP contribution in [0.1, 0.15) is 52.7 Å². The van der Waals surface area contributed by atoms with Crippen LogP contribution < -0.4 is 5.73 Å². The van der Waals surface area contributed by atoms with Crippen LogP contribution in [0, 0.1) is 12.7 Å². The van der Waals surface area contributed by atoms with Gasteiger partial charge in [-0.05, 0) is 49.6 Å². The van der Waals surface area contributed by atoms with Gasteiger partial charge in [-0.25, -0.2) is 4.39 Å². The number of fused-ring (bicyclic) bond motifs is 1. The second-order valence-electron chi connectivity index (χ2n) is 6.11. The first kappa shape index (κ1) is 17.2. The van der Waals surface area contributed by atoms with E-state index < -0.39 is 17.8 Å². The Bertz CT molecular complexity index is 925. The summed E-state index contributed by atoms with van der Waals surface area (Å²) in [5, 5.41) is 10.8. The van der Waals surface area contributed by atoms with E-state index in [1.807, 2.05) is 13.0 Å². The molecular weight excluding hydrogens is 325 g/mol. The van der Waals surface area contributed by atoms with Gasteiger partial charge in [-0.1, -0.05) is 6.92 Å². The molecule has 1 unspecified atom stereocenters. The number of amides is 1. The molecule has 0 fully saturated rings. The number of hydrogen-bond acceptors (Lipinski definition) is 4. The molecule has 3 N–H and O–H groups in total. The lowest BCUT2D eigenvalue weighted by Crippen LogP contribution is -2.12. The molecule has 0 saturated carbocycles. The van der Waals surface area contributed by atoms with Crippen molar-refractivity contribution in [1.29, 1.82) is 0 Å². The average Bonchev–Trinajstić information content (AvgIpc) is 3.17. The molecule has 2 heterocycles. The Morgan fingerprint density at radius 3 is 2.72 bits per heavy atom. The molecule has 0 aliphatic heterocycles. The van der Waals surface area contributed by atoms with Gasteiger partial charge >= 0.3 is 0 Å². The van der Waals surface area contributed by atoms with Crippen molar-refractivity contribution in [2.45, 2.75) is 39.2 Å². The zero-order chi connectivity index (χ0) is 18.1. The highest BCUT2D eigenvalue weighted by Gasteiger charge is 2.22. The minimum absolute atomic E-state index is 0.00941. The third kappa shape index (κ3) is 3.30. The van der Waals surface area contributed by atoms with E-state index in [0.29, 0.717) is 35.1 Å². The van der Waals surface area contributed by atoms with Gasteiger partial charge in [0.25, 0.3) is 5.91 Å². The maximum absolute atomic E-state index is 14.1. The van der Waals surface area contributed by atoms with Crippen LogP contribution in [0.5, 0.6) is 0 Å². The molecule has 0 aliphatic rings. The van der Waals surface area contributed by atoms with Crippen LogP contribution in [0.2, 0.25) is 0 Å². The minimum Gasteiger partial charge on any atom is -0.463 e. The largest absolute Gasteiger partial charge is 0.463 e. The lowest BCUT2D eigenvalue weighted by atomic mass is 10.0. The predicted molar refractivity (Wildman–Crippen MR) is 90.8 cm³/mol. The van der Waals surface area contributed by atoms with Crippen LogP contribution in [0.15, 0.2) is 33.1 Å². The molecular formula is C19H20FNO4. The molecule has 25 heavy (non-hydrogen) atoms. The number of nitrogens with two attached hydrogens (primary N) is 1. The first-order valence-corrected chi connectivity index (χ1v) is 8.18. The standard InChI is InChI=1S/C19H20FNO4/c1-3-11-4-7-16(24-11)15(22)6-5-12-13-8-10(2)9-14(20)17(13)25-18(12)19(21)23/h4,7-9,15,22H,3,5-6H2,1-2H3,(H2,21,23). The quantitative estimate of drug-likeness (QED) is 0.711. The van der Waals surface area contributed by atoms with Gasteiger partial charge in [0.15, 0.2) is 17.2 Å². The SMILES string of the molecule is CCc1ccc(C(O)CCc2c(C(N)=O)oc3c(F)cc(C)cc23)o1. The molecule has 2 aromatic heterocycles. The second-order valence-corrected chi connectivity index (χ2v) is 6.11. The van der Waals surface area contributed by atoms with Crippen molar-refractivity contribution in [3.63, 3.8) is 0 Å². The average molecular weight is 345 g/mol. The van der Waals surface area contributed by atoms with Gasteiger partial charge in [0, 0.05) is 17.4 Å². The van der Waals surface area contributed by atoms with Gasteiger partial charge in [-0.2, -0.15) is 0 Å². The molecule has 0 bridgehead atoms. The van der Waals surface area contributed by atoms with Crippen molar-refractivity contribution >= 4 is 16.9 Å². The summed E-state index contributed by atoms with van der Waals surface area (Å²) in [4.78, 5) is 11.7. The van der Waals surface area contributed by atoms with Gasteiger partial charge in [0.1, 0.15) is 17.6 Å².